The lowest BCUT2D eigenvalue weighted by Gasteiger charge is -2.32. The van der Waals surface area contributed by atoms with Crippen LogP contribution in [-0.2, 0) is 30.8 Å². The minimum absolute atomic E-state index is 0.214. The first-order chi connectivity index (χ1) is 13.9. The van der Waals surface area contributed by atoms with Crippen molar-refractivity contribution in [3.8, 4) is 0 Å². The molecule has 0 aromatic carbocycles. The number of nitrogens with zero attached hydrogens (tertiary/aromatic N) is 6. The molecule has 8 nitrogen and oxygen atoms in total. The molecule has 0 aliphatic carbocycles. The first kappa shape index (κ1) is 20.1. The zero-order valence-corrected chi connectivity index (χ0v) is 18.1. The molecule has 0 bridgehead atoms. The van der Waals surface area contributed by atoms with Gasteiger partial charge in [0, 0.05) is 49.9 Å². The van der Waals surface area contributed by atoms with Gasteiger partial charge in [-0.2, -0.15) is 5.10 Å². The van der Waals surface area contributed by atoms with Gasteiger partial charge in [0.2, 0.25) is 5.91 Å². The molecule has 0 atom stereocenters. The summed E-state index contributed by atoms with van der Waals surface area (Å²) in [6.45, 7) is 13.7. The van der Waals surface area contributed by atoms with Gasteiger partial charge < -0.3 is 14.8 Å². The number of aromatic nitrogens is 5. The largest absolute Gasteiger partial charge is 0.342 e. The second kappa shape index (κ2) is 8.26. The molecule has 1 saturated heterocycles. The molecule has 4 rings (SSSR count). The normalized spacial score (nSPS) is 17.8. The zero-order valence-electron chi connectivity index (χ0n) is 18.1. The van der Waals surface area contributed by atoms with E-state index in [0.29, 0.717) is 18.3 Å². The number of likely N-dealkylation sites (tertiary alicyclic amines) is 1. The van der Waals surface area contributed by atoms with E-state index in [1.165, 1.54) is 0 Å². The van der Waals surface area contributed by atoms with Gasteiger partial charge in [-0.3, -0.25) is 9.48 Å². The van der Waals surface area contributed by atoms with Crippen molar-refractivity contribution in [2.45, 2.75) is 72.5 Å². The molecule has 1 fully saturated rings. The third-order valence-electron chi connectivity index (χ3n) is 6.26. The molecule has 0 unspecified atom stereocenters. The molecule has 4 heterocycles. The van der Waals surface area contributed by atoms with Gasteiger partial charge in [0.1, 0.15) is 11.6 Å². The van der Waals surface area contributed by atoms with Crippen LogP contribution in [-0.4, -0.2) is 55.0 Å². The molecule has 2 aliphatic rings. The van der Waals surface area contributed by atoms with Crippen molar-refractivity contribution in [1.82, 2.24) is 34.8 Å². The van der Waals surface area contributed by atoms with Gasteiger partial charge in [-0.1, -0.05) is 13.8 Å². The summed E-state index contributed by atoms with van der Waals surface area (Å²) in [5.74, 6) is 3.29. The number of carbonyl (C=O) groups is 1. The smallest absolute Gasteiger partial charge is 0.227 e. The lowest BCUT2D eigenvalue weighted by Crippen LogP contribution is -2.39. The number of fused-ring (bicyclic) bond motifs is 1. The van der Waals surface area contributed by atoms with Crippen LogP contribution in [0.5, 0.6) is 0 Å². The number of carbonyl (C=O) groups excluding carboxylic acids is 1. The van der Waals surface area contributed by atoms with E-state index in [4.69, 9.17) is 0 Å². The topological polar surface area (TPSA) is 80.9 Å². The molecule has 2 aromatic heterocycles. The molecule has 2 aliphatic heterocycles. The van der Waals surface area contributed by atoms with Crippen LogP contribution in [0.2, 0.25) is 0 Å². The summed E-state index contributed by atoms with van der Waals surface area (Å²) < 4.78 is 4.33. The van der Waals surface area contributed by atoms with Crippen molar-refractivity contribution in [3.05, 3.63) is 28.6 Å². The fraction of sp³-hybridized carbons (Fsp3) is 0.714. The second-order valence-corrected chi connectivity index (χ2v) is 8.86. The maximum atomic E-state index is 13.0. The number of nitrogens with one attached hydrogen (secondary N) is 1. The summed E-state index contributed by atoms with van der Waals surface area (Å²) in [6.07, 6.45) is 2.37. The van der Waals surface area contributed by atoms with Crippen LogP contribution in [0, 0.1) is 19.8 Å². The monoisotopic (exact) mass is 399 g/mol. The minimum Gasteiger partial charge on any atom is -0.342 e. The Kier molecular flexibility index (Phi) is 5.72. The number of aryl methyl sites for hydroxylation is 1. The highest BCUT2D eigenvalue weighted by Crippen LogP contribution is 2.28. The average molecular weight is 400 g/mol. The Morgan fingerprint density at radius 1 is 1.17 bits per heavy atom. The van der Waals surface area contributed by atoms with Crippen molar-refractivity contribution in [2.24, 2.45) is 5.92 Å². The van der Waals surface area contributed by atoms with Crippen molar-refractivity contribution in [2.75, 3.05) is 19.6 Å². The van der Waals surface area contributed by atoms with Crippen LogP contribution >= 0.6 is 0 Å². The van der Waals surface area contributed by atoms with Crippen molar-refractivity contribution in [1.29, 1.82) is 0 Å². The molecular weight excluding hydrogens is 366 g/mol. The van der Waals surface area contributed by atoms with E-state index in [2.05, 4.69) is 50.6 Å². The fourth-order valence-corrected chi connectivity index (χ4v) is 4.58. The van der Waals surface area contributed by atoms with Crippen LogP contribution in [0.25, 0.3) is 0 Å². The Balaban J connectivity index is 1.37. The van der Waals surface area contributed by atoms with Gasteiger partial charge in [-0.15, -0.1) is 10.2 Å². The molecule has 0 saturated carbocycles. The molecule has 0 spiro atoms. The highest BCUT2D eigenvalue weighted by Gasteiger charge is 2.29. The Hall–Kier alpha value is -2.22. The van der Waals surface area contributed by atoms with E-state index >= 15 is 0 Å². The van der Waals surface area contributed by atoms with Gasteiger partial charge in [0.25, 0.3) is 0 Å². The number of amides is 1. The van der Waals surface area contributed by atoms with Crippen LogP contribution in [0.15, 0.2) is 0 Å². The summed E-state index contributed by atoms with van der Waals surface area (Å²) in [4.78, 5) is 15.0. The fourth-order valence-electron chi connectivity index (χ4n) is 4.58. The van der Waals surface area contributed by atoms with E-state index in [1.54, 1.807) is 0 Å². The number of hydrogen-bond donors (Lipinski definition) is 1. The maximum absolute atomic E-state index is 13.0. The summed E-state index contributed by atoms with van der Waals surface area (Å²) in [7, 11) is 0. The molecule has 8 heteroatoms. The Bertz CT molecular complexity index is 874. The highest BCUT2D eigenvalue weighted by atomic mass is 16.2. The summed E-state index contributed by atoms with van der Waals surface area (Å²) in [6, 6.07) is 0. The van der Waals surface area contributed by atoms with E-state index in [0.717, 1.165) is 80.7 Å². The summed E-state index contributed by atoms with van der Waals surface area (Å²) >= 11 is 0. The summed E-state index contributed by atoms with van der Waals surface area (Å²) in [5.41, 5.74) is 3.20. The molecule has 158 valence electrons. The molecule has 29 heavy (non-hydrogen) atoms. The molecule has 0 radical (unpaired) electrons. The first-order valence-corrected chi connectivity index (χ1v) is 10.9. The highest BCUT2D eigenvalue weighted by molar-refractivity contribution is 5.79. The third-order valence-corrected chi connectivity index (χ3v) is 6.26. The lowest BCUT2D eigenvalue weighted by molar-refractivity contribution is -0.131. The summed E-state index contributed by atoms with van der Waals surface area (Å²) in [5, 5.41) is 16.8. The predicted molar refractivity (Wildman–Crippen MR) is 111 cm³/mol. The van der Waals surface area contributed by atoms with E-state index in [-0.39, 0.29) is 5.91 Å². The minimum atomic E-state index is 0.214. The SMILES string of the molecule is Cc1nn(CC(C)C)c(C)c1CC(=O)N1CCC(c2nnc3n2CCNC3)CC1. The lowest BCUT2D eigenvalue weighted by atomic mass is 9.95. The van der Waals surface area contributed by atoms with Gasteiger partial charge in [-0.25, -0.2) is 0 Å². The van der Waals surface area contributed by atoms with E-state index < -0.39 is 0 Å². The van der Waals surface area contributed by atoms with Crippen molar-refractivity contribution in [3.63, 3.8) is 0 Å². The van der Waals surface area contributed by atoms with Crippen molar-refractivity contribution < 1.29 is 4.79 Å². The van der Waals surface area contributed by atoms with E-state index in [1.807, 2.05) is 11.8 Å². The Morgan fingerprint density at radius 3 is 2.66 bits per heavy atom. The van der Waals surface area contributed by atoms with E-state index in [9.17, 15) is 4.79 Å². The first-order valence-electron chi connectivity index (χ1n) is 10.9. The molecule has 2 aromatic rings. The quantitative estimate of drug-likeness (QED) is 0.829. The predicted octanol–water partition coefficient (Wildman–Crippen LogP) is 1.80. The van der Waals surface area contributed by atoms with Crippen LogP contribution in [0.3, 0.4) is 0 Å². The van der Waals surface area contributed by atoms with Crippen LogP contribution in [0.1, 0.15) is 61.2 Å². The Morgan fingerprint density at radius 2 is 1.93 bits per heavy atom. The van der Waals surface area contributed by atoms with Gasteiger partial charge in [0.05, 0.1) is 18.7 Å². The zero-order chi connectivity index (χ0) is 20.5. The standard InChI is InChI=1S/C21H33N7O/c1-14(2)13-28-16(4)18(15(3)25-28)11-20(29)26-8-5-17(6-9-26)21-24-23-19-12-22-7-10-27(19)21/h14,17,22H,5-13H2,1-4H3. The Labute approximate surface area is 172 Å². The molecular formula is C21H33N7O. The van der Waals surface area contributed by atoms with Crippen molar-refractivity contribution >= 4 is 5.91 Å². The average Bonchev–Trinajstić information content (AvgIpc) is 3.24. The second-order valence-electron chi connectivity index (χ2n) is 8.86. The molecule has 1 N–H and O–H groups in total. The third kappa shape index (κ3) is 4.08. The van der Waals surface area contributed by atoms with Gasteiger partial charge >= 0.3 is 0 Å². The number of hydrogen-bond acceptors (Lipinski definition) is 5. The van der Waals surface area contributed by atoms with Gasteiger partial charge in [-0.05, 0) is 32.6 Å². The number of rotatable bonds is 5. The maximum Gasteiger partial charge on any atom is 0.227 e. The van der Waals surface area contributed by atoms with Crippen LogP contribution < -0.4 is 5.32 Å². The molecule has 1 amide bonds. The van der Waals surface area contributed by atoms with Crippen LogP contribution in [0.4, 0.5) is 0 Å². The van der Waals surface area contributed by atoms with Gasteiger partial charge in [0.15, 0.2) is 0 Å². The number of piperidine rings is 1.